The van der Waals surface area contributed by atoms with Crippen molar-refractivity contribution >= 4 is 47.8 Å². The number of aromatic nitrogens is 2. The Kier molecular flexibility index (Phi) is 9.31. The summed E-state index contributed by atoms with van der Waals surface area (Å²) >= 11 is 1.93. The third-order valence-electron chi connectivity index (χ3n) is 9.89. The zero-order chi connectivity index (χ0) is 30.6. The van der Waals surface area contributed by atoms with E-state index in [4.69, 9.17) is 8.85 Å². The number of aromatic amines is 1. The summed E-state index contributed by atoms with van der Waals surface area (Å²) in [5, 5.41) is -0.0204. The van der Waals surface area contributed by atoms with Crippen molar-refractivity contribution in [3.8, 4) is 0 Å². The van der Waals surface area contributed by atoms with Crippen LogP contribution in [0.15, 0.2) is 46.1 Å². The summed E-state index contributed by atoms with van der Waals surface area (Å²) in [6.45, 7) is 25.0. The van der Waals surface area contributed by atoms with Crippen LogP contribution in [0.4, 0.5) is 0 Å². The van der Waals surface area contributed by atoms with Crippen molar-refractivity contribution in [3.05, 3.63) is 62.9 Å². The molecule has 0 amide bonds. The van der Waals surface area contributed by atoms with E-state index in [1.165, 1.54) is 4.46 Å². The van der Waals surface area contributed by atoms with Crippen molar-refractivity contribution in [2.45, 2.75) is 131 Å². The molecule has 2 heterocycles. The number of rotatable bonds is 7. The first-order valence-corrected chi connectivity index (χ1v) is 23.4. The molecule has 1 spiro atoms. The fraction of sp³-hybridized carbons (Fsp3) is 0.677. The van der Waals surface area contributed by atoms with Crippen LogP contribution in [0.1, 0.15) is 71.7 Å². The van der Waals surface area contributed by atoms with Crippen LogP contribution in [0.5, 0.6) is 0 Å². The first-order valence-electron chi connectivity index (χ1n) is 14.9. The fourth-order valence-electron chi connectivity index (χ4n) is 5.33. The molecule has 1 N–H and O–H groups in total. The first-order chi connectivity index (χ1) is 18.8. The predicted octanol–water partition coefficient (Wildman–Crippen LogP) is 6.61. The van der Waals surface area contributed by atoms with Gasteiger partial charge in [0, 0.05) is 0 Å². The number of hydrogen-bond acceptors (Lipinski definition) is 5. The van der Waals surface area contributed by atoms with Crippen LogP contribution in [0, 0.1) is 6.92 Å². The Labute approximate surface area is 259 Å². The van der Waals surface area contributed by atoms with Gasteiger partial charge in [0.05, 0.1) is 0 Å². The molecule has 0 radical (unpaired) electrons. The maximum absolute atomic E-state index is 13.4. The average molecular weight is 682 g/mol. The van der Waals surface area contributed by atoms with Gasteiger partial charge in [-0.1, -0.05) is 0 Å². The monoisotopic (exact) mass is 682 g/mol. The molecule has 5 atom stereocenters. The van der Waals surface area contributed by atoms with Crippen LogP contribution in [0.3, 0.4) is 0 Å². The molecule has 2 aliphatic rings. The van der Waals surface area contributed by atoms with Crippen LogP contribution in [0.2, 0.25) is 41.1 Å². The Morgan fingerprint density at radius 3 is 2.15 bits per heavy atom. The van der Waals surface area contributed by atoms with Gasteiger partial charge in [-0.3, -0.25) is 0 Å². The van der Waals surface area contributed by atoms with Gasteiger partial charge in [0.15, 0.2) is 0 Å². The summed E-state index contributed by atoms with van der Waals surface area (Å²) in [4.78, 5) is 28.5. The third-order valence-corrected chi connectivity index (χ3v) is 23.9. The van der Waals surface area contributed by atoms with E-state index in [2.05, 4.69) is 103 Å². The van der Waals surface area contributed by atoms with Gasteiger partial charge in [-0.2, -0.15) is 0 Å². The van der Waals surface area contributed by atoms with Gasteiger partial charge in [-0.15, -0.1) is 0 Å². The molecule has 6 nitrogen and oxygen atoms in total. The minimum absolute atomic E-state index is 0.0308. The molecule has 2 aromatic rings. The summed E-state index contributed by atoms with van der Waals surface area (Å²) in [6.07, 6.45) is 4.87. The number of H-pyrrole nitrogens is 1. The topological polar surface area (TPSA) is 73.3 Å². The molecule has 1 saturated carbocycles. The molecule has 0 bridgehead atoms. The maximum atomic E-state index is 13.4. The predicted molar refractivity (Wildman–Crippen MR) is 179 cm³/mol. The summed E-state index contributed by atoms with van der Waals surface area (Å²) < 4.78 is 17.7. The van der Waals surface area contributed by atoms with Crippen molar-refractivity contribution in [1.29, 1.82) is 0 Å². The molecule has 41 heavy (non-hydrogen) atoms. The third kappa shape index (κ3) is 6.49. The first kappa shape index (κ1) is 33.0. The van der Waals surface area contributed by atoms with Crippen LogP contribution >= 0.6 is 11.8 Å². The molecule has 1 saturated heterocycles. The number of aryl methyl sites for hydroxylation is 1. The Hall–Kier alpha value is -0.877. The number of hydrogen-bond donors (Lipinski definition) is 1. The second-order valence-corrected chi connectivity index (χ2v) is 28.5. The summed E-state index contributed by atoms with van der Waals surface area (Å²) in [6, 6.07) is 10.7. The van der Waals surface area contributed by atoms with Crippen LogP contribution < -0.4 is 15.7 Å². The van der Waals surface area contributed by atoms with E-state index in [0.717, 1.165) is 19.3 Å². The Bertz CT molecular complexity index is 1350. The second-order valence-electron chi connectivity index (χ2n) is 14.9. The van der Waals surface area contributed by atoms with Crippen molar-refractivity contribution in [2.75, 3.05) is 0 Å². The average Bonchev–Trinajstić information content (AvgIpc) is 3.36. The second kappa shape index (κ2) is 11.6. The van der Waals surface area contributed by atoms with Crippen LogP contribution in [-0.2, 0) is 8.85 Å². The van der Waals surface area contributed by atoms with E-state index in [9.17, 15) is 9.59 Å². The molecular formula is C31H50N2O4SSeSi2. The molecule has 1 aromatic carbocycles. The number of thioether (sulfide) groups is 1. The van der Waals surface area contributed by atoms with E-state index in [1.54, 1.807) is 17.7 Å². The number of nitrogens with zero attached hydrogens (tertiary/aromatic N) is 1. The molecule has 1 aliphatic carbocycles. The van der Waals surface area contributed by atoms with Gasteiger partial charge in [0.25, 0.3) is 0 Å². The van der Waals surface area contributed by atoms with E-state index in [0.29, 0.717) is 5.56 Å². The standard InChI is InChI=1S/C31H50N2O4SSeSi2/c1-21-20-33(28(35)32-26(21)34)27-24(39-22-16-13-12-14-17-22)25(37-41(10,11)30(5,6)7)31(38-27)19-15-18-23(31)36-40(8,9)29(2,3)4/h12-14,16-17,20,23-25,27H,15,18-19H2,1-11H3,(H,32,34,35)/t23-,24-,25-,27-,31-/m0/s1. The minimum atomic E-state index is -2.20. The van der Waals surface area contributed by atoms with Gasteiger partial charge in [0.1, 0.15) is 0 Å². The zero-order valence-electron chi connectivity index (χ0n) is 26.8. The molecular weight excluding hydrogens is 632 g/mol. The Morgan fingerprint density at radius 2 is 1.56 bits per heavy atom. The number of nitrogens with one attached hydrogen (secondary N) is 1. The quantitative estimate of drug-likeness (QED) is 0.333. The van der Waals surface area contributed by atoms with E-state index >= 15 is 0 Å². The SMILES string of the molecule is Cc1cn([C@H]2S[C@]3(CCC[C@@H]3O[Si](C)(C)C(C)(C)C)[C@@H](O[Si](C)(C)C(C)(C)C)[C@@H]2[Se]c2ccccc2)c(=O)[nH]c1=O. The van der Waals surface area contributed by atoms with Gasteiger partial charge >= 0.3 is 260 Å². The Morgan fingerprint density at radius 1 is 0.976 bits per heavy atom. The van der Waals surface area contributed by atoms with E-state index < -0.39 is 16.6 Å². The molecule has 4 rings (SSSR count). The summed E-state index contributed by atoms with van der Waals surface area (Å²) in [5.41, 5.74) is -0.0995. The van der Waals surface area contributed by atoms with Crippen molar-refractivity contribution < 1.29 is 8.85 Å². The van der Waals surface area contributed by atoms with Crippen molar-refractivity contribution in [2.24, 2.45) is 0 Å². The van der Waals surface area contributed by atoms with Crippen molar-refractivity contribution in [1.82, 2.24) is 9.55 Å². The van der Waals surface area contributed by atoms with Gasteiger partial charge < -0.3 is 0 Å². The van der Waals surface area contributed by atoms with Gasteiger partial charge in [-0.05, 0) is 0 Å². The van der Waals surface area contributed by atoms with Crippen LogP contribution in [0.25, 0.3) is 0 Å². The molecule has 228 valence electrons. The van der Waals surface area contributed by atoms with Gasteiger partial charge in [0.2, 0.25) is 0 Å². The Balaban J connectivity index is 1.91. The molecule has 1 aliphatic heterocycles. The van der Waals surface area contributed by atoms with Gasteiger partial charge in [-0.25, -0.2) is 0 Å². The summed E-state index contributed by atoms with van der Waals surface area (Å²) in [5.74, 6) is 0. The van der Waals surface area contributed by atoms with E-state index in [-0.39, 0.29) is 63.4 Å². The normalized spacial score (nSPS) is 27.6. The molecule has 10 heteroatoms. The molecule has 1 aromatic heterocycles. The van der Waals surface area contributed by atoms with E-state index in [1.807, 2.05) is 11.8 Å². The number of benzene rings is 1. The summed E-state index contributed by atoms with van der Waals surface area (Å²) in [7, 11) is -4.29. The fourth-order valence-corrected chi connectivity index (χ4v) is 13.9. The van der Waals surface area contributed by atoms with Crippen molar-refractivity contribution in [3.63, 3.8) is 0 Å². The molecule has 2 fully saturated rings. The zero-order valence-corrected chi connectivity index (χ0v) is 31.3. The van der Waals surface area contributed by atoms with Crippen LogP contribution in [-0.4, -0.2) is 58.1 Å². The molecule has 0 unspecified atom stereocenters.